The Morgan fingerprint density at radius 3 is 2.00 bits per heavy atom. The van der Waals surface area contributed by atoms with Crippen molar-refractivity contribution in [3.63, 3.8) is 0 Å². The first kappa shape index (κ1) is 9.81. The normalized spacial score (nSPS) is 11.7. The lowest BCUT2D eigenvalue weighted by Crippen LogP contribution is -2.23. The summed E-state index contributed by atoms with van der Waals surface area (Å²) >= 11 is 5.79. The highest BCUT2D eigenvalue weighted by Crippen LogP contribution is 2.14. The van der Waals surface area contributed by atoms with Gasteiger partial charge in [0.2, 0.25) is 0 Å². The number of rotatable bonds is 2. The van der Waals surface area contributed by atoms with E-state index in [1.54, 1.807) is 0 Å². The van der Waals surface area contributed by atoms with E-state index in [-0.39, 0.29) is 0 Å². The summed E-state index contributed by atoms with van der Waals surface area (Å²) in [4.78, 5) is 0. The maximum atomic E-state index is 5.79. The van der Waals surface area contributed by atoms with Gasteiger partial charge in [0, 0.05) is 13.1 Å². The van der Waals surface area contributed by atoms with Gasteiger partial charge in [0.25, 0.3) is 0 Å². The molecule has 0 amide bonds. The molecule has 1 aromatic carbocycles. The molecule has 0 bridgehead atoms. The number of benzene rings is 1. The smallest absolute Gasteiger partial charge is 0.0487 e. The highest BCUT2D eigenvalue weighted by atomic mass is 35.5. The Bertz CT molecular complexity index is 246. The molecular formula is C10H15ClSi. The van der Waals surface area contributed by atoms with Crippen molar-refractivity contribution in [1.29, 1.82) is 0 Å². The molecule has 0 nitrogen and oxygen atoms in total. The zero-order valence-corrected chi connectivity index (χ0v) is 9.65. The molecule has 0 fully saturated rings. The van der Waals surface area contributed by atoms with Gasteiger partial charge in [-0.2, -0.15) is 0 Å². The topological polar surface area (TPSA) is 0 Å². The van der Waals surface area contributed by atoms with Crippen LogP contribution in [0.1, 0.15) is 5.56 Å². The molecule has 1 rings (SSSR count). The van der Waals surface area contributed by atoms with Crippen LogP contribution in [0.5, 0.6) is 0 Å². The molecule has 0 atom stereocenters. The zero-order valence-electron chi connectivity index (χ0n) is 7.89. The van der Waals surface area contributed by atoms with Crippen LogP contribution >= 0.6 is 11.6 Å². The van der Waals surface area contributed by atoms with Crippen molar-refractivity contribution in [3.05, 3.63) is 34.9 Å². The predicted molar refractivity (Wildman–Crippen MR) is 58.5 cm³/mol. The lowest BCUT2D eigenvalue weighted by Gasteiger charge is -2.15. The lowest BCUT2D eigenvalue weighted by atomic mass is 10.2. The van der Waals surface area contributed by atoms with E-state index < -0.39 is 8.07 Å². The molecule has 0 radical (unpaired) electrons. The Morgan fingerprint density at radius 1 is 1.08 bits per heavy atom. The van der Waals surface area contributed by atoms with E-state index in [0.717, 1.165) is 5.02 Å². The molecule has 0 heterocycles. The molecule has 1 aromatic rings. The van der Waals surface area contributed by atoms with E-state index in [2.05, 4.69) is 31.8 Å². The van der Waals surface area contributed by atoms with Gasteiger partial charge in [0.15, 0.2) is 0 Å². The summed E-state index contributed by atoms with van der Waals surface area (Å²) in [6.45, 7) is 7.13. The maximum Gasteiger partial charge on any atom is 0.0487 e. The number of halogens is 1. The van der Waals surface area contributed by atoms with Crippen molar-refractivity contribution < 1.29 is 0 Å². The number of hydrogen-bond acceptors (Lipinski definition) is 0. The minimum atomic E-state index is -0.959. The van der Waals surface area contributed by atoms with Crippen LogP contribution in [0.2, 0.25) is 24.7 Å². The summed E-state index contributed by atoms with van der Waals surface area (Å²) in [5, 5.41) is 0.828. The van der Waals surface area contributed by atoms with Crippen molar-refractivity contribution in [2.75, 3.05) is 0 Å². The molecule has 0 saturated carbocycles. The van der Waals surface area contributed by atoms with Crippen molar-refractivity contribution >= 4 is 19.7 Å². The molecule has 0 N–H and O–H groups in total. The van der Waals surface area contributed by atoms with Crippen LogP contribution in [0.4, 0.5) is 0 Å². The fourth-order valence-corrected chi connectivity index (χ4v) is 2.80. The minimum Gasteiger partial charge on any atom is -0.0843 e. The Morgan fingerprint density at radius 2 is 1.58 bits per heavy atom. The minimum absolute atomic E-state index is 0.828. The van der Waals surface area contributed by atoms with Crippen LogP contribution < -0.4 is 0 Å². The molecular weight excluding hydrogens is 184 g/mol. The van der Waals surface area contributed by atoms with Gasteiger partial charge in [-0.25, -0.2) is 0 Å². The van der Waals surface area contributed by atoms with Gasteiger partial charge in [0.05, 0.1) is 0 Å². The Hall–Kier alpha value is -0.273. The van der Waals surface area contributed by atoms with Gasteiger partial charge >= 0.3 is 0 Å². The van der Waals surface area contributed by atoms with Gasteiger partial charge in [-0.1, -0.05) is 48.9 Å². The van der Waals surface area contributed by atoms with Gasteiger partial charge in [-0.15, -0.1) is 0 Å². The van der Waals surface area contributed by atoms with Crippen LogP contribution in [0.15, 0.2) is 24.3 Å². The molecule has 0 aliphatic rings. The van der Waals surface area contributed by atoms with E-state index in [1.807, 2.05) is 12.1 Å². The summed E-state index contributed by atoms with van der Waals surface area (Å²) in [6, 6.07) is 9.43. The average Bonchev–Trinajstić information content (AvgIpc) is 1.91. The first-order valence-electron chi connectivity index (χ1n) is 4.22. The van der Waals surface area contributed by atoms with Crippen LogP contribution in [-0.2, 0) is 6.04 Å². The third kappa shape index (κ3) is 3.42. The quantitative estimate of drug-likeness (QED) is 0.635. The molecule has 12 heavy (non-hydrogen) atoms. The first-order valence-corrected chi connectivity index (χ1v) is 8.30. The predicted octanol–water partition coefficient (Wildman–Crippen LogP) is 3.76. The first-order chi connectivity index (χ1) is 5.47. The van der Waals surface area contributed by atoms with Crippen molar-refractivity contribution in [2.45, 2.75) is 25.7 Å². The fraction of sp³-hybridized carbons (Fsp3) is 0.400. The molecule has 0 aromatic heterocycles. The standard InChI is InChI=1S/C10H15ClSi/c1-12(2,3)8-9-4-6-10(11)7-5-9/h4-7H,8H2,1-3H3. The van der Waals surface area contributed by atoms with Crippen molar-refractivity contribution in [2.24, 2.45) is 0 Å². The Balaban J connectivity index is 2.71. The van der Waals surface area contributed by atoms with Crippen LogP contribution in [0.3, 0.4) is 0 Å². The largest absolute Gasteiger partial charge is 0.0843 e. The average molecular weight is 199 g/mol. The van der Waals surface area contributed by atoms with Gasteiger partial charge in [0.1, 0.15) is 0 Å². The highest BCUT2D eigenvalue weighted by Gasteiger charge is 2.13. The molecule has 0 unspecified atom stereocenters. The molecule has 0 aliphatic carbocycles. The van der Waals surface area contributed by atoms with Crippen LogP contribution in [0, 0.1) is 0 Å². The molecule has 0 spiro atoms. The second-order valence-corrected chi connectivity index (χ2v) is 10.3. The summed E-state index contributed by atoms with van der Waals surface area (Å²) in [5.41, 5.74) is 1.42. The van der Waals surface area contributed by atoms with Gasteiger partial charge in [-0.3, -0.25) is 0 Å². The molecule has 2 heteroatoms. The second kappa shape index (κ2) is 3.63. The fourth-order valence-electron chi connectivity index (χ4n) is 1.21. The van der Waals surface area contributed by atoms with E-state index >= 15 is 0 Å². The Kier molecular flexibility index (Phi) is 2.97. The SMILES string of the molecule is C[Si](C)(C)Cc1ccc(Cl)cc1. The van der Waals surface area contributed by atoms with E-state index in [0.29, 0.717) is 0 Å². The lowest BCUT2D eigenvalue weighted by molar-refractivity contribution is 1.31. The van der Waals surface area contributed by atoms with E-state index in [1.165, 1.54) is 11.6 Å². The van der Waals surface area contributed by atoms with Crippen molar-refractivity contribution in [3.8, 4) is 0 Å². The summed E-state index contributed by atoms with van der Waals surface area (Å²) < 4.78 is 0. The van der Waals surface area contributed by atoms with Gasteiger partial charge < -0.3 is 0 Å². The monoisotopic (exact) mass is 198 g/mol. The van der Waals surface area contributed by atoms with Crippen molar-refractivity contribution in [1.82, 2.24) is 0 Å². The molecule has 0 aliphatic heterocycles. The zero-order chi connectivity index (χ0) is 9.19. The number of hydrogen-bond donors (Lipinski definition) is 0. The summed E-state index contributed by atoms with van der Waals surface area (Å²) in [5.74, 6) is 0. The third-order valence-corrected chi connectivity index (χ3v) is 3.37. The molecule has 66 valence electrons. The summed E-state index contributed by atoms with van der Waals surface area (Å²) in [7, 11) is -0.959. The van der Waals surface area contributed by atoms with E-state index in [4.69, 9.17) is 11.6 Å². The highest BCUT2D eigenvalue weighted by molar-refractivity contribution is 6.75. The van der Waals surface area contributed by atoms with Crippen LogP contribution in [0.25, 0.3) is 0 Å². The third-order valence-electron chi connectivity index (χ3n) is 1.65. The second-order valence-electron chi connectivity index (χ2n) is 4.36. The van der Waals surface area contributed by atoms with Crippen LogP contribution in [-0.4, -0.2) is 8.07 Å². The Labute approximate surface area is 80.6 Å². The molecule has 0 saturated heterocycles. The van der Waals surface area contributed by atoms with Gasteiger partial charge in [-0.05, 0) is 18.2 Å². The summed E-state index contributed by atoms with van der Waals surface area (Å²) in [6.07, 6.45) is 0. The maximum absolute atomic E-state index is 5.79. The van der Waals surface area contributed by atoms with E-state index in [9.17, 15) is 0 Å².